The second kappa shape index (κ2) is 6.19. The molecule has 142 valence electrons. The van der Waals surface area contributed by atoms with Gasteiger partial charge in [-0.05, 0) is 37.3 Å². The molecule has 2 aliphatic rings. The molecular formula is C22H21N3O3. The third-order valence-electron chi connectivity index (χ3n) is 5.88. The molecule has 1 N–H and O–H groups in total. The Morgan fingerprint density at radius 2 is 1.96 bits per heavy atom. The average molecular weight is 375 g/mol. The summed E-state index contributed by atoms with van der Waals surface area (Å²) in [6.45, 7) is 3.65. The Labute approximate surface area is 162 Å². The fraction of sp³-hybridized carbons (Fsp3) is 0.318. The van der Waals surface area contributed by atoms with Crippen LogP contribution in [0.25, 0.3) is 10.9 Å². The molecule has 5 rings (SSSR count). The van der Waals surface area contributed by atoms with Crippen LogP contribution in [0.15, 0.2) is 41.5 Å². The second-order valence-corrected chi connectivity index (χ2v) is 7.72. The van der Waals surface area contributed by atoms with Crippen LogP contribution >= 0.6 is 0 Å². The SMILES string of the molecule is Cc1c(N2CCc3ccccc3C2)ncc2c(=O)c(C(=O)O)cn(C3CC3)c12. The molecule has 1 saturated carbocycles. The summed E-state index contributed by atoms with van der Waals surface area (Å²) in [6, 6.07) is 8.71. The Bertz CT molecular complexity index is 1180. The van der Waals surface area contributed by atoms with E-state index in [0.717, 1.165) is 49.2 Å². The molecule has 6 heteroatoms. The number of aryl methyl sites for hydroxylation is 1. The van der Waals surface area contributed by atoms with E-state index in [1.807, 2.05) is 11.5 Å². The largest absolute Gasteiger partial charge is 0.477 e. The monoisotopic (exact) mass is 375 g/mol. The number of anilines is 1. The fourth-order valence-corrected chi connectivity index (χ4v) is 4.29. The lowest BCUT2D eigenvalue weighted by molar-refractivity contribution is 0.0695. The lowest BCUT2D eigenvalue weighted by Crippen LogP contribution is -2.32. The summed E-state index contributed by atoms with van der Waals surface area (Å²) in [5.41, 5.74) is 3.80. The summed E-state index contributed by atoms with van der Waals surface area (Å²) < 4.78 is 1.98. The van der Waals surface area contributed by atoms with Crippen molar-refractivity contribution in [1.29, 1.82) is 0 Å². The molecule has 6 nitrogen and oxygen atoms in total. The predicted octanol–water partition coefficient (Wildman–Crippen LogP) is 3.30. The van der Waals surface area contributed by atoms with Gasteiger partial charge in [0.2, 0.25) is 5.43 Å². The van der Waals surface area contributed by atoms with E-state index in [-0.39, 0.29) is 11.6 Å². The molecule has 3 heterocycles. The lowest BCUT2D eigenvalue weighted by atomic mass is 9.99. The van der Waals surface area contributed by atoms with Crippen molar-refractivity contribution in [2.75, 3.05) is 11.4 Å². The van der Waals surface area contributed by atoms with Gasteiger partial charge in [-0.3, -0.25) is 4.79 Å². The van der Waals surface area contributed by atoms with Crippen molar-refractivity contribution in [3.63, 3.8) is 0 Å². The summed E-state index contributed by atoms with van der Waals surface area (Å²) >= 11 is 0. The maximum Gasteiger partial charge on any atom is 0.341 e. The zero-order chi connectivity index (χ0) is 19.4. The van der Waals surface area contributed by atoms with Gasteiger partial charge in [-0.25, -0.2) is 9.78 Å². The summed E-state index contributed by atoms with van der Waals surface area (Å²) in [7, 11) is 0. The first-order chi connectivity index (χ1) is 13.5. The van der Waals surface area contributed by atoms with Gasteiger partial charge in [0.25, 0.3) is 0 Å². The van der Waals surface area contributed by atoms with E-state index in [4.69, 9.17) is 0 Å². The van der Waals surface area contributed by atoms with E-state index in [1.54, 1.807) is 6.20 Å². The van der Waals surface area contributed by atoms with Crippen LogP contribution in [-0.4, -0.2) is 27.2 Å². The molecule has 1 aliphatic carbocycles. The Morgan fingerprint density at radius 3 is 2.68 bits per heavy atom. The highest BCUT2D eigenvalue weighted by atomic mass is 16.4. The highest BCUT2D eigenvalue weighted by Gasteiger charge is 2.29. The molecule has 2 aromatic heterocycles. The first kappa shape index (κ1) is 17.0. The number of aromatic carboxylic acids is 1. The number of aromatic nitrogens is 2. The quantitative estimate of drug-likeness (QED) is 0.760. The smallest absolute Gasteiger partial charge is 0.341 e. The first-order valence-corrected chi connectivity index (χ1v) is 9.64. The van der Waals surface area contributed by atoms with Gasteiger partial charge in [0.05, 0.1) is 10.9 Å². The number of carbonyl (C=O) groups is 1. The third kappa shape index (κ3) is 2.59. The van der Waals surface area contributed by atoms with Crippen molar-refractivity contribution in [2.24, 2.45) is 0 Å². The normalized spacial score (nSPS) is 16.2. The first-order valence-electron chi connectivity index (χ1n) is 9.64. The molecule has 0 amide bonds. The van der Waals surface area contributed by atoms with Crippen LogP contribution in [0.2, 0.25) is 0 Å². The van der Waals surface area contributed by atoms with Gasteiger partial charge in [-0.2, -0.15) is 0 Å². The van der Waals surface area contributed by atoms with Crippen LogP contribution in [0, 0.1) is 6.92 Å². The molecule has 0 radical (unpaired) electrons. The van der Waals surface area contributed by atoms with Crippen LogP contribution in [0.1, 0.15) is 45.9 Å². The summed E-state index contributed by atoms with van der Waals surface area (Å²) in [4.78, 5) is 31.1. The number of carboxylic acid groups (broad SMARTS) is 1. The number of carboxylic acids is 1. The van der Waals surface area contributed by atoms with Crippen LogP contribution < -0.4 is 10.3 Å². The Hall–Kier alpha value is -3.15. The highest BCUT2D eigenvalue weighted by molar-refractivity contribution is 5.94. The van der Waals surface area contributed by atoms with E-state index < -0.39 is 11.4 Å². The molecule has 0 unspecified atom stereocenters. The molecule has 0 spiro atoms. The highest BCUT2D eigenvalue weighted by Crippen LogP contribution is 2.39. The molecule has 0 bridgehead atoms. The maximum atomic E-state index is 12.7. The Balaban J connectivity index is 1.67. The number of hydrogen-bond donors (Lipinski definition) is 1. The van der Waals surface area contributed by atoms with Crippen LogP contribution in [0.4, 0.5) is 5.82 Å². The van der Waals surface area contributed by atoms with Crippen LogP contribution in [0.3, 0.4) is 0 Å². The molecule has 1 aromatic carbocycles. The fourth-order valence-electron chi connectivity index (χ4n) is 4.29. The molecule has 28 heavy (non-hydrogen) atoms. The van der Waals surface area contributed by atoms with Crippen molar-refractivity contribution in [3.8, 4) is 0 Å². The lowest BCUT2D eigenvalue weighted by Gasteiger charge is -2.31. The predicted molar refractivity (Wildman–Crippen MR) is 107 cm³/mol. The number of benzene rings is 1. The van der Waals surface area contributed by atoms with Gasteiger partial charge in [0, 0.05) is 37.1 Å². The number of nitrogens with zero attached hydrogens (tertiary/aromatic N) is 3. The third-order valence-corrected chi connectivity index (χ3v) is 5.88. The molecule has 0 saturated heterocycles. The molecule has 1 fully saturated rings. The summed E-state index contributed by atoms with van der Waals surface area (Å²) in [5.74, 6) is -0.311. The van der Waals surface area contributed by atoms with Crippen LogP contribution in [-0.2, 0) is 13.0 Å². The summed E-state index contributed by atoms with van der Waals surface area (Å²) in [6.07, 6.45) is 6.05. The number of fused-ring (bicyclic) bond motifs is 2. The number of hydrogen-bond acceptors (Lipinski definition) is 4. The van der Waals surface area contributed by atoms with E-state index in [0.29, 0.717) is 5.39 Å². The van der Waals surface area contributed by atoms with Gasteiger partial charge >= 0.3 is 5.97 Å². The molecule has 1 aliphatic heterocycles. The van der Waals surface area contributed by atoms with E-state index in [2.05, 4.69) is 34.1 Å². The number of pyridine rings is 2. The van der Waals surface area contributed by atoms with Gasteiger partial charge in [-0.1, -0.05) is 24.3 Å². The van der Waals surface area contributed by atoms with Gasteiger partial charge in [-0.15, -0.1) is 0 Å². The standard InChI is InChI=1S/C22H21N3O3/c1-13-19-17(20(26)18(22(27)28)12-25(19)16-6-7-16)10-23-21(13)24-9-8-14-4-2-3-5-15(14)11-24/h2-5,10,12,16H,6-9,11H2,1H3,(H,27,28). The van der Waals surface area contributed by atoms with Crippen molar-refractivity contribution in [1.82, 2.24) is 9.55 Å². The minimum atomic E-state index is -1.18. The maximum absolute atomic E-state index is 12.7. The van der Waals surface area contributed by atoms with E-state index >= 15 is 0 Å². The minimum absolute atomic E-state index is 0.180. The van der Waals surface area contributed by atoms with Gasteiger partial charge < -0.3 is 14.6 Å². The van der Waals surface area contributed by atoms with Crippen molar-refractivity contribution in [3.05, 3.63) is 69.1 Å². The minimum Gasteiger partial charge on any atom is -0.477 e. The average Bonchev–Trinajstić information content (AvgIpc) is 3.53. The Kier molecular flexibility index (Phi) is 3.75. The molecule has 0 atom stereocenters. The van der Waals surface area contributed by atoms with E-state index in [9.17, 15) is 14.7 Å². The number of rotatable bonds is 3. The topological polar surface area (TPSA) is 75.4 Å². The van der Waals surface area contributed by atoms with E-state index in [1.165, 1.54) is 17.3 Å². The zero-order valence-electron chi connectivity index (χ0n) is 15.7. The van der Waals surface area contributed by atoms with Crippen LogP contribution in [0.5, 0.6) is 0 Å². The van der Waals surface area contributed by atoms with Crippen molar-refractivity contribution < 1.29 is 9.90 Å². The van der Waals surface area contributed by atoms with Crippen molar-refractivity contribution >= 4 is 22.7 Å². The second-order valence-electron chi connectivity index (χ2n) is 7.72. The summed E-state index contributed by atoms with van der Waals surface area (Å²) in [5, 5.41) is 9.82. The van der Waals surface area contributed by atoms with Crippen molar-refractivity contribution in [2.45, 2.75) is 38.8 Å². The van der Waals surface area contributed by atoms with Gasteiger partial charge in [0.1, 0.15) is 11.4 Å². The van der Waals surface area contributed by atoms with Gasteiger partial charge in [0.15, 0.2) is 0 Å². The molecule has 3 aromatic rings. The zero-order valence-corrected chi connectivity index (χ0v) is 15.7. The molecular weight excluding hydrogens is 354 g/mol. The Morgan fingerprint density at radius 1 is 1.21 bits per heavy atom.